The van der Waals surface area contributed by atoms with Crippen LogP contribution in [0.15, 0.2) is 29.8 Å². The van der Waals surface area contributed by atoms with Crippen LogP contribution in [0.2, 0.25) is 0 Å². The maximum absolute atomic E-state index is 13.4. The van der Waals surface area contributed by atoms with Crippen LogP contribution in [0.4, 0.5) is 8.78 Å². The third kappa shape index (κ3) is 4.65. The van der Waals surface area contributed by atoms with Gasteiger partial charge in [0, 0.05) is 0 Å². The molecule has 0 saturated heterocycles. The van der Waals surface area contributed by atoms with Crippen molar-refractivity contribution in [2.45, 2.75) is 26.7 Å². The number of allylic oxidation sites excluding steroid dienone is 1. The Morgan fingerprint density at radius 2 is 2.12 bits per heavy atom. The number of halogens is 2. The van der Waals surface area contributed by atoms with Gasteiger partial charge in [0.25, 0.3) is 0 Å². The predicted octanol–water partition coefficient (Wildman–Crippen LogP) is 3.45. The molecule has 0 aliphatic carbocycles. The Hall–Kier alpha value is -1.22. The van der Waals surface area contributed by atoms with E-state index >= 15 is 0 Å². The summed E-state index contributed by atoms with van der Waals surface area (Å²) < 4.78 is 26.4. The lowest BCUT2D eigenvalue weighted by Crippen LogP contribution is -2.13. The van der Waals surface area contributed by atoms with E-state index in [2.05, 4.69) is 18.3 Å². The minimum absolute atomic E-state index is 0.419. The largest absolute Gasteiger partial charge is 0.317 e. The van der Waals surface area contributed by atoms with Crippen molar-refractivity contribution < 1.29 is 8.78 Å². The second kappa shape index (κ2) is 7.17. The molecule has 94 valence electrons. The minimum atomic E-state index is -0.775. The van der Waals surface area contributed by atoms with E-state index in [1.54, 1.807) is 12.1 Å². The lowest BCUT2D eigenvalue weighted by Gasteiger charge is -2.05. The number of hydrogen-bond donors (Lipinski definition) is 1. The van der Waals surface area contributed by atoms with Crippen LogP contribution in [0.3, 0.4) is 0 Å². The van der Waals surface area contributed by atoms with Crippen LogP contribution in [0.5, 0.6) is 0 Å². The van der Waals surface area contributed by atoms with Crippen molar-refractivity contribution in [1.82, 2.24) is 5.32 Å². The second-order valence-corrected chi connectivity index (χ2v) is 4.08. The van der Waals surface area contributed by atoms with Gasteiger partial charge in [-0.2, -0.15) is 0 Å². The quantitative estimate of drug-likeness (QED) is 0.592. The van der Waals surface area contributed by atoms with Crippen LogP contribution in [0.1, 0.15) is 25.8 Å². The molecular formula is C14H19F2N. The topological polar surface area (TPSA) is 12.0 Å². The van der Waals surface area contributed by atoms with Gasteiger partial charge in [-0.25, -0.2) is 8.78 Å². The van der Waals surface area contributed by atoms with Crippen LogP contribution >= 0.6 is 0 Å². The molecule has 0 heterocycles. The molecular weight excluding hydrogens is 220 g/mol. The SMILES string of the molecule is CCNCCC=C(C)Cc1cccc(F)c1F. The Morgan fingerprint density at radius 3 is 2.82 bits per heavy atom. The van der Waals surface area contributed by atoms with Crippen LogP contribution < -0.4 is 5.32 Å². The highest BCUT2D eigenvalue weighted by atomic mass is 19.2. The first-order valence-electron chi connectivity index (χ1n) is 5.94. The molecule has 0 amide bonds. The molecule has 3 heteroatoms. The zero-order chi connectivity index (χ0) is 12.7. The minimum Gasteiger partial charge on any atom is -0.317 e. The molecule has 0 aromatic heterocycles. The summed E-state index contributed by atoms with van der Waals surface area (Å²) in [6, 6.07) is 4.31. The van der Waals surface area contributed by atoms with Gasteiger partial charge in [-0.15, -0.1) is 0 Å². The fourth-order valence-electron chi connectivity index (χ4n) is 1.65. The van der Waals surface area contributed by atoms with Crippen molar-refractivity contribution in [1.29, 1.82) is 0 Å². The van der Waals surface area contributed by atoms with Crippen LogP contribution in [-0.2, 0) is 6.42 Å². The van der Waals surface area contributed by atoms with Crippen molar-refractivity contribution >= 4 is 0 Å². The Balaban J connectivity index is 2.55. The van der Waals surface area contributed by atoms with E-state index < -0.39 is 11.6 Å². The molecule has 0 aliphatic rings. The third-order valence-corrected chi connectivity index (χ3v) is 2.56. The zero-order valence-electron chi connectivity index (χ0n) is 10.4. The van der Waals surface area contributed by atoms with E-state index in [1.165, 1.54) is 0 Å². The Bertz CT molecular complexity index is 386. The van der Waals surface area contributed by atoms with Crippen LogP contribution in [0.25, 0.3) is 0 Å². The molecule has 1 N–H and O–H groups in total. The summed E-state index contributed by atoms with van der Waals surface area (Å²) in [4.78, 5) is 0. The van der Waals surface area contributed by atoms with Gasteiger partial charge in [-0.3, -0.25) is 0 Å². The van der Waals surface area contributed by atoms with Gasteiger partial charge >= 0.3 is 0 Å². The standard InChI is InChI=1S/C14H19F2N/c1-3-17-9-5-6-11(2)10-12-7-4-8-13(15)14(12)16/h4,6-8,17H,3,5,9-10H2,1-2H3. The maximum Gasteiger partial charge on any atom is 0.162 e. The normalized spacial score (nSPS) is 11.9. The molecule has 0 unspecified atom stereocenters. The van der Waals surface area contributed by atoms with Crippen molar-refractivity contribution in [2.75, 3.05) is 13.1 Å². The fraction of sp³-hybridized carbons (Fsp3) is 0.429. The smallest absolute Gasteiger partial charge is 0.162 e. The van der Waals surface area contributed by atoms with Gasteiger partial charge < -0.3 is 5.32 Å². The van der Waals surface area contributed by atoms with E-state index in [1.807, 2.05) is 6.92 Å². The lowest BCUT2D eigenvalue weighted by molar-refractivity contribution is 0.500. The number of hydrogen-bond acceptors (Lipinski definition) is 1. The van der Waals surface area contributed by atoms with Gasteiger partial charge in [0.15, 0.2) is 11.6 Å². The maximum atomic E-state index is 13.4. The molecule has 0 saturated carbocycles. The summed E-state index contributed by atoms with van der Waals surface area (Å²) in [5.74, 6) is -1.50. The van der Waals surface area contributed by atoms with E-state index in [0.29, 0.717) is 12.0 Å². The molecule has 0 spiro atoms. The molecule has 0 bridgehead atoms. The van der Waals surface area contributed by atoms with Crippen LogP contribution in [0, 0.1) is 11.6 Å². The molecule has 0 fully saturated rings. The number of nitrogens with one attached hydrogen (secondary N) is 1. The predicted molar refractivity (Wildman–Crippen MR) is 67.0 cm³/mol. The first-order valence-corrected chi connectivity index (χ1v) is 5.94. The molecule has 0 aliphatic heterocycles. The van der Waals surface area contributed by atoms with Crippen molar-refractivity contribution in [3.05, 3.63) is 47.0 Å². The van der Waals surface area contributed by atoms with E-state index in [0.717, 1.165) is 31.1 Å². The molecule has 0 radical (unpaired) electrons. The average molecular weight is 239 g/mol. The molecule has 0 atom stereocenters. The van der Waals surface area contributed by atoms with Gasteiger partial charge in [-0.05, 0) is 44.5 Å². The summed E-state index contributed by atoms with van der Waals surface area (Å²) in [6.45, 7) is 5.86. The summed E-state index contributed by atoms with van der Waals surface area (Å²) in [6.07, 6.45) is 3.44. The van der Waals surface area contributed by atoms with Gasteiger partial charge in [0.05, 0.1) is 0 Å². The third-order valence-electron chi connectivity index (χ3n) is 2.56. The molecule has 1 rings (SSSR count). The molecule has 1 aromatic carbocycles. The van der Waals surface area contributed by atoms with Gasteiger partial charge in [0.1, 0.15) is 0 Å². The highest BCUT2D eigenvalue weighted by Crippen LogP contribution is 2.15. The van der Waals surface area contributed by atoms with E-state index in [9.17, 15) is 8.78 Å². The number of benzene rings is 1. The summed E-state index contributed by atoms with van der Waals surface area (Å²) in [5.41, 5.74) is 1.48. The van der Waals surface area contributed by atoms with Gasteiger partial charge in [0.2, 0.25) is 0 Å². The first kappa shape index (κ1) is 13.8. The lowest BCUT2D eigenvalue weighted by atomic mass is 10.0. The molecule has 1 aromatic rings. The molecule has 1 nitrogen and oxygen atoms in total. The van der Waals surface area contributed by atoms with Crippen molar-refractivity contribution in [2.24, 2.45) is 0 Å². The van der Waals surface area contributed by atoms with E-state index in [-0.39, 0.29) is 0 Å². The first-order chi connectivity index (χ1) is 8.15. The fourth-order valence-corrected chi connectivity index (χ4v) is 1.65. The summed E-state index contributed by atoms with van der Waals surface area (Å²) >= 11 is 0. The Labute approximate surface area is 102 Å². The van der Waals surface area contributed by atoms with Gasteiger partial charge in [-0.1, -0.05) is 30.7 Å². The van der Waals surface area contributed by atoms with Crippen molar-refractivity contribution in [3.8, 4) is 0 Å². The second-order valence-electron chi connectivity index (χ2n) is 4.08. The van der Waals surface area contributed by atoms with Crippen molar-refractivity contribution in [3.63, 3.8) is 0 Å². The summed E-state index contributed by atoms with van der Waals surface area (Å²) in [5, 5.41) is 3.21. The molecule has 17 heavy (non-hydrogen) atoms. The zero-order valence-corrected chi connectivity index (χ0v) is 10.4. The Kier molecular flexibility index (Phi) is 5.84. The highest BCUT2D eigenvalue weighted by molar-refractivity contribution is 5.23. The Morgan fingerprint density at radius 1 is 1.35 bits per heavy atom. The average Bonchev–Trinajstić information content (AvgIpc) is 2.31. The highest BCUT2D eigenvalue weighted by Gasteiger charge is 2.07. The monoisotopic (exact) mass is 239 g/mol. The summed E-state index contributed by atoms with van der Waals surface area (Å²) in [7, 11) is 0. The number of rotatable bonds is 6. The van der Waals surface area contributed by atoms with Crippen LogP contribution in [-0.4, -0.2) is 13.1 Å². The van der Waals surface area contributed by atoms with E-state index in [4.69, 9.17) is 0 Å².